The van der Waals surface area contributed by atoms with Gasteiger partial charge in [0, 0.05) is 11.6 Å². The van der Waals surface area contributed by atoms with Crippen LogP contribution < -0.4 is 5.11 Å². The molecule has 0 fully saturated rings. The number of hydrogen-bond donors (Lipinski definition) is 2. The smallest absolute Gasteiger partial charge is 0.174 e. The first-order valence-corrected chi connectivity index (χ1v) is 5.83. The number of benzene rings is 2. The van der Waals surface area contributed by atoms with Gasteiger partial charge in [0.2, 0.25) is 0 Å². The standard InChI is InChI=1S/C15H12O5/c16-10-3-1-9(2-4-10)13(18)8-15(20)12-6-5-11(17)7-14(12)19/h1-7,16-17,19H,8H2/p-1. The van der Waals surface area contributed by atoms with E-state index in [2.05, 4.69) is 0 Å². The minimum atomic E-state index is -0.557. The molecule has 2 aromatic carbocycles. The van der Waals surface area contributed by atoms with Crippen molar-refractivity contribution in [3.8, 4) is 17.2 Å². The Bertz CT molecular complexity index is 658. The third kappa shape index (κ3) is 2.95. The Morgan fingerprint density at radius 1 is 0.950 bits per heavy atom. The Balaban J connectivity index is 2.15. The highest BCUT2D eigenvalue weighted by atomic mass is 16.3. The van der Waals surface area contributed by atoms with Gasteiger partial charge in [-0.15, -0.1) is 5.75 Å². The van der Waals surface area contributed by atoms with Gasteiger partial charge in [0.05, 0.1) is 12.0 Å². The molecule has 0 aliphatic rings. The van der Waals surface area contributed by atoms with Gasteiger partial charge in [-0.05, 0) is 12.1 Å². The molecule has 0 radical (unpaired) electrons. The van der Waals surface area contributed by atoms with E-state index < -0.39 is 18.0 Å². The van der Waals surface area contributed by atoms with E-state index in [0.717, 1.165) is 6.07 Å². The average molecular weight is 271 g/mol. The number of ketones is 2. The molecule has 2 aromatic rings. The normalized spacial score (nSPS) is 10.2. The van der Waals surface area contributed by atoms with Crippen LogP contribution >= 0.6 is 0 Å². The Morgan fingerprint density at radius 2 is 1.60 bits per heavy atom. The number of phenols is 2. The summed E-state index contributed by atoms with van der Waals surface area (Å²) >= 11 is 0. The van der Waals surface area contributed by atoms with Crippen LogP contribution in [0.1, 0.15) is 27.1 Å². The van der Waals surface area contributed by atoms with Crippen molar-refractivity contribution in [2.45, 2.75) is 6.42 Å². The van der Waals surface area contributed by atoms with Crippen molar-refractivity contribution in [2.75, 3.05) is 0 Å². The molecule has 0 aliphatic carbocycles. The van der Waals surface area contributed by atoms with Gasteiger partial charge >= 0.3 is 0 Å². The number of carbonyl (C=O) groups is 2. The van der Waals surface area contributed by atoms with Crippen LogP contribution in [0.25, 0.3) is 0 Å². The molecule has 2 rings (SSSR count). The first-order valence-electron chi connectivity index (χ1n) is 5.83. The zero-order chi connectivity index (χ0) is 14.7. The molecule has 0 saturated heterocycles. The molecule has 5 nitrogen and oxygen atoms in total. The lowest BCUT2D eigenvalue weighted by Crippen LogP contribution is -2.09. The van der Waals surface area contributed by atoms with Crippen molar-refractivity contribution in [2.24, 2.45) is 0 Å². The Hall–Kier alpha value is -2.82. The average Bonchev–Trinajstić information content (AvgIpc) is 2.39. The van der Waals surface area contributed by atoms with E-state index in [1.54, 1.807) is 0 Å². The van der Waals surface area contributed by atoms with Crippen LogP contribution in [0.15, 0.2) is 42.5 Å². The summed E-state index contributed by atoms with van der Waals surface area (Å²) in [6.07, 6.45) is -0.420. The van der Waals surface area contributed by atoms with Crippen LogP contribution in [-0.2, 0) is 0 Å². The highest BCUT2D eigenvalue weighted by molar-refractivity contribution is 6.14. The molecule has 0 atom stereocenters. The van der Waals surface area contributed by atoms with E-state index in [9.17, 15) is 19.8 Å². The van der Waals surface area contributed by atoms with Gasteiger partial charge in [-0.25, -0.2) is 0 Å². The fraction of sp³-hybridized carbons (Fsp3) is 0.0667. The summed E-state index contributed by atoms with van der Waals surface area (Å²) in [6, 6.07) is 8.74. The molecule has 0 amide bonds. The van der Waals surface area contributed by atoms with Crippen molar-refractivity contribution >= 4 is 11.6 Å². The molecule has 0 spiro atoms. The summed E-state index contributed by atoms with van der Waals surface area (Å²) in [5.41, 5.74) is 0.229. The van der Waals surface area contributed by atoms with Gasteiger partial charge in [0.15, 0.2) is 11.6 Å². The third-order valence-electron chi connectivity index (χ3n) is 2.78. The summed E-state index contributed by atoms with van der Waals surface area (Å²) < 4.78 is 0. The minimum Gasteiger partial charge on any atom is -0.872 e. The Kier molecular flexibility index (Phi) is 3.70. The molecule has 0 unspecified atom stereocenters. The maximum atomic E-state index is 11.9. The maximum absolute atomic E-state index is 11.9. The Labute approximate surface area is 114 Å². The van der Waals surface area contributed by atoms with E-state index >= 15 is 0 Å². The van der Waals surface area contributed by atoms with Gasteiger partial charge in [0.1, 0.15) is 11.5 Å². The second-order valence-corrected chi connectivity index (χ2v) is 4.25. The van der Waals surface area contributed by atoms with Gasteiger partial charge in [-0.1, -0.05) is 24.3 Å². The van der Waals surface area contributed by atoms with E-state index in [1.165, 1.54) is 36.4 Å². The van der Waals surface area contributed by atoms with Crippen molar-refractivity contribution in [1.82, 2.24) is 0 Å². The lowest BCUT2D eigenvalue weighted by Gasteiger charge is -2.06. The molecule has 0 aliphatic heterocycles. The molecular formula is C15H11O5-. The minimum absolute atomic E-state index is 0.0309. The monoisotopic (exact) mass is 271 g/mol. The molecule has 5 heteroatoms. The molecular weight excluding hydrogens is 260 g/mol. The van der Waals surface area contributed by atoms with Crippen LogP contribution in [0.5, 0.6) is 17.2 Å². The number of carbonyl (C=O) groups excluding carboxylic acids is 2. The summed E-state index contributed by atoms with van der Waals surface area (Å²) in [6.45, 7) is 0. The lowest BCUT2D eigenvalue weighted by molar-refractivity contribution is -0.268. The summed E-state index contributed by atoms with van der Waals surface area (Å²) in [5.74, 6) is -1.76. The zero-order valence-corrected chi connectivity index (χ0v) is 10.4. The first kappa shape index (κ1) is 13.6. The van der Waals surface area contributed by atoms with Crippen molar-refractivity contribution in [1.29, 1.82) is 0 Å². The highest BCUT2D eigenvalue weighted by Gasteiger charge is 2.16. The van der Waals surface area contributed by atoms with Gasteiger partial charge in [-0.2, -0.15) is 0 Å². The predicted octanol–water partition coefficient (Wildman–Crippen LogP) is 1.63. The number of phenolic OH excluding ortho intramolecular Hbond substituents is 2. The zero-order valence-electron chi connectivity index (χ0n) is 10.4. The fourth-order valence-electron chi connectivity index (χ4n) is 1.74. The van der Waals surface area contributed by atoms with E-state index in [1.807, 2.05) is 0 Å². The molecule has 2 N–H and O–H groups in total. The number of Topliss-reactive ketones (excluding diaryl/α,β-unsaturated/α-hetero) is 2. The van der Waals surface area contributed by atoms with Crippen LogP contribution in [0, 0.1) is 0 Å². The van der Waals surface area contributed by atoms with Gasteiger partial charge in [0.25, 0.3) is 0 Å². The van der Waals surface area contributed by atoms with Crippen LogP contribution in [0.3, 0.4) is 0 Å². The van der Waals surface area contributed by atoms with Crippen molar-refractivity contribution in [3.05, 3.63) is 53.6 Å². The molecule has 0 aromatic heterocycles. The van der Waals surface area contributed by atoms with Gasteiger partial charge in [-0.3, -0.25) is 9.59 Å². The molecule has 20 heavy (non-hydrogen) atoms. The van der Waals surface area contributed by atoms with E-state index in [-0.39, 0.29) is 28.4 Å². The molecule has 0 heterocycles. The summed E-state index contributed by atoms with van der Waals surface area (Å²) in [7, 11) is 0. The van der Waals surface area contributed by atoms with Crippen LogP contribution in [0.2, 0.25) is 0 Å². The highest BCUT2D eigenvalue weighted by Crippen LogP contribution is 2.24. The fourth-order valence-corrected chi connectivity index (χ4v) is 1.74. The number of rotatable bonds is 4. The summed E-state index contributed by atoms with van der Waals surface area (Å²) in [4.78, 5) is 23.8. The number of hydrogen-bond acceptors (Lipinski definition) is 5. The van der Waals surface area contributed by atoms with Gasteiger partial charge < -0.3 is 15.3 Å². The van der Waals surface area contributed by atoms with Crippen LogP contribution in [0.4, 0.5) is 0 Å². The van der Waals surface area contributed by atoms with Crippen molar-refractivity contribution in [3.63, 3.8) is 0 Å². The quantitative estimate of drug-likeness (QED) is 0.650. The first-order chi connectivity index (χ1) is 9.47. The van der Waals surface area contributed by atoms with Crippen LogP contribution in [-0.4, -0.2) is 21.8 Å². The van der Waals surface area contributed by atoms with Crippen molar-refractivity contribution < 1.29 is 24.9 Å². The SMILES string of the molecule is O=C(CC(=O)c1ccc(O)cc1O)c1ccc([O-])cc1. The summed E-state index contributed by atoms with van der Waals surface area (Å²) in [5, 5.41) is 29.6. The second kappa shape index (κ2) is 5.44. The molecule has 0 bridgehead atoms. The molecule has 0 saturated carbocycles. The molecule has 102 valence electrons. The van der Waals surface area contributed by atoms with E-state index in [0.29, 0.717) is 0 Å². The lowest BCUT2D eigenvalue weighted by atomic mass is 10.0. The number of aromatic hydroxyl groups is 2. The topological polar surface area (TPSA) is 97.7 Å². The third-order valence-corrected chi connectivity index (χ3v) is 2.78. The maximum Gasteiger partial charge on any atom is 0.174 e. The largest absolute Gasteiger partial charge is 0.872 e. The van der Waals surface area contributed by atoms with E-state index in [4.69, 9.17) is 5.11 Å². The second-order valence-electron chi connectivity index (χ2n) is 4.25. The predicted molar refractivity (Wildman–Crippen MR) is 68.9 cm³/mol. The Morgan fingerprint density at radius 3 is 2.20 bits per heavy atom.